The molecule has 96 valence electrons. The summed E-state index contributed by atoms with van der Waals surface area (Å²) in [7, 11) is -2.18. The predicted octanol–water partition coefficient (Wildman–Crippen LogP) is 4.11. The topological polar surface area (TPSA) is 29.4 Å². The minimum Gasteiger partial charge on any atom is -0.245 e. The Morgan fingerprint density at radius 3 is 2.35 bits per heavy atom. The molecule has 0 saturated heterocycles. The molecule has 0 fully saturated rings. The zero-order valence-electron chi connectivity index (χ0n) is 10.9. The van der Waals surface area contributed by atoms with Crippen LogP contribution in [0.3, 0.4) is 0 Å². The molecule has 1 aromatic carbocycles. The van der Waals surface area contributed by atoms with Crippen LogP contribution in [0.25, 0.3) is 0 Å². The van der Waals surface area contributed by atoms with Crippen LogP contribution in [0.2, 0.25) is 0 Å². The molecule has 17 heavy (non-hydrogen) atoms. The largest absolute Gasteiger partial charge is 0.245 e. The van der Waals surface area contributed by atoms with Gasteiger partial charge in [-0.05, 0) is 18.6 Å². The normalized spacial score (nSPS) is 14.2. The number of nitrogens with zero attached hydrogens (tertiary/aromatic N) is 1. The molecule has 0 bridgehead atoms. The molecule has 1 atom stereocenters. The number of benzene rings is 1. The Bertz CT molecular complexity index is 419. The number of rotatable bonds is 7. The van der Waals surface area contributed by atoms with E-state index in [2.05, 4.69) is 11.3 Å². The molecular formula is C14H23NOS. The quantitative estimate of drug-likeness (QED) is 0.672. The fourth-order valence-corrected chi connectivity index (χ4v) is 2.99. The Kier molecular flexibility index (Phi) is 6.27. The van der Waals surface area contributed by atoms with Crippen LogP contribution in [0.5, 0.6) is 0 Å². The van der Waals surface area contributed by atoms with Gasteiger partial charge in [0.2, 0.25) is 0 Å². The summed E-state index contributed by atoms with van der Waals surface area (Å²) in [6, 6.07) is 9.54. The molecule has 2 nitrogen and oxygen atoms in total. The van der Waals surface area contributed by atoms with Crippen molar-refractivity contribution in [3.05, 3.63) is 30.3 Å². The molecule has 0 aliphatic rings. The first-order valence-electron chi connectivity index (χ1n) is 6.40. The van der Waals surface area contributed by atoms with Gasteiger partial charge >= 0.3 is 0 Å². The molecule has 0 aliphatic heterocycles. The van der Waals surface area contributed by atoms with Gasteiger partial charge in [0.1, 0.15) is 0 Å². The van der Waals surface area contributed by atoms with Gasteiger partial charge in [-0.3, -0.25) is 0 Å². The predicted molar refractivity (Wildman–Crippen MR) is 74.8 cm³/mol. The summed E-state index contributed by atoms with van der Waals surface area (Å²) < 4.78 is 16.7. The van der Waals surface area contributed by atoms with Crippen molar-refractivity contribution in [1.82, 2.24) is 0 Å². The third-order valence-corrected chi connectivity index (χ3v) is 4.60. The van der Waals surface area contributed by atoms with Crippen LogP contribution < -0.4 is 0 Å². The van der Waals surface area contributed by atoms with Gasteiger partial charge in [-0.1, -0.05) is 50.8 Å². The average molecular weight is 253 g/mol. The Balaban J connectivity index is 2.45. The smallest absolute Gasteiger partial charge is 0.0723 e. The van der Waals surface area contributed by atoms with Crippen molar-refractivity contribution in [3.63, 3.8) is 0 Å². The van der Waals surface area contributed by atoms with Crippen LogP contribution in [-0.2, 0) is 9.73 Å². The molecule has 0 aromatic heterocycles. The maximum atomic E-state index is 12.3. The molecule has 0 heterocycles. The number of unbranched alkanes of at least 4 members (excludes halogenated alkanes) is 4. The van der Waals surface area contributed by atoms with E-state index in [9.17, 15) is 4.21 Å². The molecule has 1 aromatic rings. The van der Waals surface area contributed by atoms with E-state index in [0.29, 0.717) is 6.54 Å². The van der Waals surface area contributed by atoms with E-state index >= 15 is 0 Å². The first kappa shape index (κ1) is 14.2. The Morgan fingerprint density at radius 1 is 1.06 bits per heavy atom. The summed E-state index contributed by atoms with van der Waals surface area (Å²) in [6.45, 7) is 2.92. The first-order chi connectivity index (χ1) is 8.17. The third kappa shape index (κ3) is 5.35. The lowest BCUT2D eigenvalue weighted by Gasteiger charge is -2.04. The maximum absolute atomic E-state index is 12.3. The highest BCUT2D eigenvalue weighted by Crippen LogP contribution is 2.11. The zero-order chi connectivity index (χ0) is 12.6. The van der Waals surface area contributed by atoms with E-state index in [1.54, 1.807) is 6.26 Å². The minimum absolute atomic E-state index is 0.716. The molecular weight excluding hydrogens is 230 g/mol. The number of hydrogen-bond acceptors (Lipinski definition) is 2. The molecule has 0 saturated carbocycles. The van der Waals surface area contributed by atoms with Crippen LogP contribution in [-0.4, -0.2) is 17.0 Å². The van der Waals surface area contributed by atoms with Gasteiger partial charge in [-0.2, -0.15) is 0 Å². The molecule has 3 heteroatoms. The Labute approximate surface area is 106 Å². The van der Waals surface area contributed by atoms with E-state index in [4.69, 9.17) is 0 Å². The summed E-state index contributed by atoms with van der Waals surface area (Å²) in [4.78, 5) is 0.841. The van der Waals surface area contributed by atoms with E-state index in [-0.39, 0.29) is 0 Å². The Morgan fingerprint density at radius 2 is 1.71 bits per heavy atom. The molecule has 0 amide bonds. The van der Waals surface area contributed by atoms with Gasteiger partial charge in [-0.15, -0.1) is 0 Å². The lowest BCUT2D eigenvalue weighted by molar-refractivity contribution is 0.636. The van der Waals surface area contributed by atoms with Crippen LogP contribution in [0.1, 0.15) is 39.0 Å². The molecule has 0 aliphatic carbocycles. The van der Waals surface area contributed by atoms with Crippen molar-refractivity contribution < 1.29 is 4.21 Å². The maximum Gasteiger partial charge on any atom is 0.0723 e. The Hall–Kier alpha value is -0.830. The van der Waals surface area contributed by atoms with Crippen molar-refractivity contribution in [1.29, 1.82) is 0 Å². The SMILES string of the molecule is CCCCCCCN=S(C)(=O)c1ccccc1. The summed E-state index contributed by atoms with van der Waals surface area (Å²) >= 11 is 0. The van der Waals surface area contributed by atoms with Gasteiger partial charge in [0.05, 0.1) is 9.73 Å². The van der Waals surface area contributed by atoms with Gasteiger partial charge in [-0.25, -0.2) is 8.57 Å². The third-order valence-electron chi connectivity index (χ3n) is 2.78. The second-order valence-corrected chi connectivity index (χ2v) is 6.72. The lowest BCUT2D eigenvalue weighted by atomic mass is 10.2. The van der Waals surface area contributed by atoms with Crippen LogP contribution in [0.4, 0.5) is 0 Å². The van der Waals surface area contributed by atoms with Crippen molar-refractivity contribution in [2.45, 2.75) is 43.9 Å². The van der Waals surface area contributed by atoms with Crippen molar-refractivity contribution in [2.75, 3.05) is 12.8 Å². The van der Waals surface area contributed by atoms with E-state index in [1.807, 2.05) is 30.3 Å². The van der Waals surface area contributed by atoms with E-state index in [1.165, 1.54) is 25.7 Å². The molecule has 0 N–H and O–H groups in total. The lowest BCUT2D eigenvalue weighted by Crippen LogP contribution is -1.98. The first-order valence-corrected chi connectivity index (χ1v) is 8.32. The van der Waals surface area contributed by atoms with Crippen LogP contribution >= 0.6 is 0 Å². The highest BCUT2D eigenvalue weighted by atomic mass is 32.2. The fourth-order valence-electron chi connectivity index (χ4n) is 1.70. The second kappa shape index (κ2) is 7.49. The summed E-state index contributed by atoms with van der Waals surface area (Å²) in [5.74, 6) is 0. The standard InChI is InChI=1S/C14H23NOS/c1-3-4-5-6-10-13-15-17(2,16)14-11-8-7-9-12-14/h7-9,11-12H,3-6,10,13H2,1-2H3. The minimum atomic E-state index is -2.18. The van der Waals surface area contributed by atoms with Crippen molar-refractivity contribution in [2.24, 2.45) is 4.36 Å². The van der Waals surface area contributed by atoms with Gasteiger partial charge in [0, 0.05) is 17.7 Å². The molecule has 1 unspecified atom stereocenters. The van der Waals surface area contributed by atoms with Crippen molar-refractivity contribution >= 4 is 9.73 Å². The summed E-state index contributed by atoms with van der Waals surface area (Å²) in [5, 5.41) is 0. The van der Waals surface area contributed by atoms with Crippen molar-refractivity contribution in [3.8, 4) is 0 Å². The van der Waals surface area contributed by atoms with E-state index < -0.39 is 9.73 Å². The highest BCUT2D eigenvalue weighted by molar-refractivity contribution is 7.93. The molecule has 0 radical (unpaired) electrons. The molecule has 0 spiro atoms. The van der Waals surface area contributed by atoms with E-state index in [0.717, 1.165) is 11.3 Å². The van der Waals surface area contributed by atoms with Gasteiger partial charge in [0.25, 0.3) is 0 Å². The van der Waals surface area contributed by atoms with Crippen LogP contribution in [0.15, 0.2) is 39.6 Å². The van der Waals surface area contributed by atoms with Crippen LogP contribution in [0, 0.1) is 0 Å². The summed E-state index contributed by atoms with van der Waals surface area (Å²) in [6.07, 6.45) is 7.79. The van der Waals surface area contributed by atoms with Gasteiger partial charge in [0.15, 0.2) is 0 Å². The average Bonchev–Trinajstić information content (AvgIpc) is 2.35. The summed E-state index contributed by atoms with van der Waals surface area (Å²) in [5.41, 5.74) is 0. The highest BCUT2D eigenvalue weighted by Gasteiger charge is 2.03. The fraction of sp³-hybridized carbons (Fsp3) is 0.571. The monoisotopic (exact) mass is 253 g/mol. The van der Waals surface area contributed by atoms with Gasteiger partial charge < -0.3 is 0 Å². The molecule has 1 rings (SSSR count). The number of hydrogen-bond donors (Lipinski definition) is 0. The zero-order valence-corrected chi connectivity index (χ0v) is 11.7. The second-order valence-electron chi connectivity index (χ2n) is 4.38.